The van der Waals surface area contributed by atoms with Gasteiger partial charge in [-0.2, -0.15) is 0 Å². The second-order valence-electron chi connectivity index (χ2n) is 6.88. The molecule has 0 aromatic heterocycles. The molecule has 144 valence electrons. The summed E-state index contributed by atoms with van der Waals surface area (Å²) in [6, 6.07) is 11.3. The van der Waals surface area contributed by atoms with Gasteiger partial charge in [0.2, 0.25) is 0 Å². The molecule has 0 aliphatic heterocycles. The first-order chi connectivity index (χ1) is 12.6. The highest BCUT2D eigenvalue weighted by Crippen LogP contribution is 2.35. The third-order valence-electron chi connectivity index (χ3n) is 3.35. The molecular formula is C20H21BrFNO3S. The van der Waals surface area contributed by atoms with Gasteiger partial charge in [0, 0.05) is 14.9 Å². The Bertz CT molecular complexity index is 837. The molecular weight excluding hydrogens is 433 g/mol. The fourth-order valence-corrected chi connectivity index (χ4v) is 3.60. The number of anilines is 1. The van der Waals surface area contributed by atoms with Gasteiger partial charge in [-0.3, -0.25) is 9.59 Å². The van der Waals surface area contributed by atoms with Crippen LogP contribution in [0.5, 0.6) is 0 Å². The molecule has 1 atom stereocenters. The number of amides is 1. The molecule has 0 saturated carbocycles. The molecule has 1 amide bonds. The van der Waals surface area contributed by atoms with Gasteiger partial charge in [-0.05, 0) is 67.9 Å². The Hall–Kier alpha value is -1.86. The van der Waals surface area contributed by atoms with E-state index in [2.05, 4.69) is 21.2 Å². The van der Waals surface area contributed by atoms with Crippen molar-refractivity contribution in [1.29, 1.82) is 0 Å². The molecule has 27 heavy (non-hydrogen) atoms. The van der Waals surface area contributed by atoms with Crippen molar-refractivity contribution in [3.8, 4) is 0 Å². The van der Waals surface area contributed by atoms with Crippen molar-refractivity contribution >= 4 is 45.3 Å². The first-order valence-electron chi connectivity index (χ1n) is 8.32. The summed E-state index contributed by atoms with van der Waals surface area (Å²) in [5.74, 6) is -1.34. The second-order valence-corrected chi connectivity index (χ2v) is 9.11. The van der Waals surface area contributed by atoms with E-state index < -0.39 is 22.6 Å². The first-order valence-corrected chi connectivity index (χ1v) is 9.99. The Morgan fingerprint density at radius 2 is 1.81 bits per heavy atom. The molecule has 1 N–H and O–H groups in total. The number of hydrogen-bond acceptors (Lipinski definition) is 4. The summed E-state index contributed by atoms with van der Waals surface area (Å²) in [4.78, 5) is 25.1. The zero-order valence-electron chi connectivity index (χ0n) is 15.5. The van der Waals surface area contributed by atoms with Crippen molar-refractivity contribution in [2.24, 2.45) is 0 Å². The molecule has 0 bridgehead atoms. The van der Waals surface area contributed by atoms with Crippen molar-refractivity contribution in [2.45, 2.75) is 43.4 Å². The smallest absolute Gasteiger partial charge is 0.319 e. The number of carbonyl (C=O) groups excluding carboxylic acids is 2. The lowest BCUT2D eigenvalue weighted by Gasteiger charge is -2.22. The maximum absolute atomic E-state index is 14.3. The monoisotopic (exact) mass is 453 g/mol. The number of esters is 1. The number of thioether (sulfide) groups is 1. The highest BCUT2D eigenvalue weighted by molar-refractivity contribution is 9.10. The average molecular weight is 454 g/mol. The lowest BCUT2D eigenvalue weighted by molar-refractivity contribution is -0.153. The summed E-state index contributed by atoms with van der Waals surface area (Å²) < 4.78 is 20.1. The van der Waals surface area contributed by atoms with Crippen molar-refractivity contribution < 1.29 is 18.7 Å². The van der Waals surface area contributed by atoms with Gasteiger partial charge in [-0.15, -0.1) is 11.8 Å². The number of hydrogen-bond donors (Lipinski definition) is 1. The topological polar surface area (TPSA) is 55.4 Å². The molecule has 0 radical (unpaired) electrons. The molecule has 0 aliphatic rings. The van der Waals surface area contributed by atoms with Crippen molar-refractivity contribution in [2.75, 3.05) is 5.32 Å². The Kier molecular flexibility index (Phi) is 7.06. The van der Waals surface area contributed by atoms with Crippen LogP contribution < -0.4 is 5.32 Å². The van der Waals surface area contributed by atoms with Crippen molar-refractivity contribution in [3.63, 3.8) is 0 Å². The molecule has 7 heteroatoms. The summed E-state index contributed by atoms with van der Waals surface area (Å²) >= 11 is 4.53. The van der Waals surface area contributed by atoms with Gasteiger partial charge in [0.1, 0.15) is 16.7 Å². The van der Waals surface area contributed by atoms with E-state index >= 15 is 0 Å². The fourth-order valence-electron chi connectivity index (χ4n) is 2.12. The first kappa shape index (κ1) is 21.4. The zero-order chi connectivity index (χ0) is 20.2. The van der Waals surface area contributed by atoms with Crippen molar-refractivity contribution in [3.05, 3.63) is 58.3 Å². The van der Waals surface area contributed by atoms with E-state index in [0.717, 1.165) is 0 Å². The SMILES string of the molecule is CC(Sc1cc(NC(=O)c2ccccc2)c(F)cc1Br)C(=O)OC(C)(C)C. The van der Waals surface area contributed by atoms with Gasteiger partial charge in [-0.25, -0.2) is 4.39 Å². The quantitative estimate of drug-likeness (QED) is 0.468. The van der Waals surface area contributed by atoms with Crippen LogP contribution in [0.15, 0.2) is 51.8 Å². The Balaban J connectivity index is 2.18. The van der Waals surface area contributed by atoms with E-state index in [1.54, 1.807) is 58.0 Å². The molecule has 2 aromatic carbocycles. The van der Waals surface area contributed by atoms with Crippen LogP contribution in [0.1, 0.15) is 38.1 Å². The normalized spacial score (nSPS) is 12.4. The van der Waals surface area contributed by atoms with Crippen LogP contribution in [-0.4, -0.2) is 22.7 Å². The van der Waals surface area contributed by atoms with Gasteiger partial charge in [0.15, 0.2) is 0 Å². The summed E-state index contributed by atoms with van der Waals surface area (Å²) in [5, 5.41) is 2.07. The van der Waals surface area contributed by atoms with E-state index in [1.807, 2.05) is 0 Å². The van der Waals surface area contributed by atoms with Crippen LogP contribution in [0, 0.1) is 5.82 Å². The average Bonchev–Trinajstić information content (AvgIpc) is 2.58. The van der Waals surface area contributed by atoms with Crippen LogP contribution in [0.25, 0.3) is 0 Å². The molecule has 2 rings (SSSR count). The predicted molar refractivity (Wildman–Crippen MR) is 110 cm³/mol. The number of ether oxygens (including phenoxy) is 1. The number of nitrogens with one attached hydrogen (secondary N) is 1. The number of benzene rings is 2. The molecule has 1 unspecified atom stereocenters. The minimum Gasteiger partial charge on any atom is -0.459 e. The molecule has 2 aromatic rings. The van der Waals surface area contributed by atoms with Crippen LogP contribution >= 0.6 is 27.7 Å². The van der Waals surface area contributed by atoms with Crippen LogP contribution in [0.2, 0.25) is 0 Å². The standard InChI is InChI=1S/C20H21BrFNO3S/c1-12(19(25)26-20(2,3)4)27-17-11-16(15(22)10-14(17)21)23-18(24)13-8-6-5-7-9-13/h5-12H,1-4H3,(H,23,24). The van der Waals surface area contributed by atoms with Gasteiger partial charge in [0.05, 0.1) is 5.69 Å². The van der Waals surface area contributed by atoms with E-state index in [-0.39, 0.29) is 11.7 Å². The highest BCUT2D eigenvalue weighted by atomic mass is 79.9. The highest BCUT2D eigenvalue weighted by Gasteiger charge is 2.24. The van der Waals surface area contributed by atoms with Crippen LogP contribution in [-0.2, 0) is 9.53 Å². The second kappa shape index (κ2) is 8.89. The molecule has 0 aliphatic carbocycles. The lowest BCUT2D eigenvalue weighted by Crippen LogP contribution is -2.28. The number of carbonyl (C=O) groups is 2. The molecule has 4 nitrogen and oxygen atoms in total. The predicted octanol–water partition coefficient (Wildman–Crippen LogP) is 5.66. The van der Waals surface area contributed by atoms with E-state index in [9.17, 15) is 14.0 Å². The van der Waals surface area contributed by atoms with Gasteiger partial charge in [-0.1, -0.05) is 18.2 Å². The van der Waals surface area contributed by atoms with Crippen LogP contribution in [0.4, 0.5) is 10.1 Å². The molecule has 0 fully saturated rings. The van der Waals surface area contributed by atoms with E-state index in [4.69, 9.17) is 4.74 Å². The van der Waals surface area contributed by atoms with E-state index in [0.29, 0.717) is 14.9 Å². The third-order valence-corrected chi connectivity index (χ3v) is 5.40. The van der Waals surface area contributed by atoms with Crippen LogP contribution in [0.3, 0.4) is 0 Å². The summed E-state index contributed by atoms with van der Waals surface area (Å²) in [6.45, 7) is 7.12. The Morgan fingerprint density at radius 1 is 1.19 bits per heavy atom. The zero-order valence-corrected chi connectivity index (χ0v) is 17.9. The summed E-state index contributed by atoms with van der Waals surface area (Å²) in [6.07, 6.45) is 0. The minimum atomic E-state index is -0.583. The molecule has 0 spiro atoms. The lowest BCUT2D eigenvalue weighted by atomic mass is 10.2. The third kappa shape index (κ3) is 6.36. The van der Waals surface area contributed by atoms with Gasteiger partial charge in [0.25, 0.3) is 5.91 Å². The fraction of sp³-hybridized carbons (Fsp3) is 0.300. The number of rotatable bonds is 5. The number of halogens is 2. The summed E-state index contributed by atoms with van der Waals surface area (Å²) in [5.41, 5.74) is -0.108. The molecule has 0 heterocycles. The van der Waals surface area contributed by atoms with Crippen molar-refractivity contribution in [1.82, 2.24) is 0 Å². The largest absolute Gasteiger partial charge is 0.459 e. The maximum Gasteiger partial charge on any atom is 0.319 e. The van der Waals surface area contributed by atoms with E-state index in [1.165, 1.54) is 23.9 Å². The maximum atomic E-state index is 14.3. The van der Waals surface area contributed by atoms with Gasteiger partial charge >= 0.3 is 5.97 Å². The Labute approximate surface area is 171 Å². The Morgan fingerprint density at radius 3 is 2.41 bits per heavy atom. The van der Waals surface area contributed by atoms with Gasteiger partial charge < -0.3 is 10.1 Å². The molecule has 0 saturated heterocycles. The summed E-state index contributed by atoms with van der Waals surface area (Å²) in [7, 11) is 0. The minimum absolute atomic E-state index is 0.0472.